The van der Waals surface area contributed by atoms with Crippen molar-refractivity contribution in [3.8, 4) is 0 Å². The van der Waals surface area contributed by atoms with E-state index in [1.165, 1.54) is 5.57 Å². The van der Waals surface area contributed by atoms with Crippen LogP contribution in [0.2, 0.25) is 0 Å². The van der Waals surface area contributed by atoms with Gasteiger partial charge in [-0.2, -0.15) is 0 Å². The fourth-order valence-corrected chi connectivity index (χ4v) is 4.55. The summed E-state index contributed by atoms with van der Waals surface area (Å²) >= 11 is 0. The molecular weight excluding hydrogens is 305 g/mol. The van der Waals surface area contributed by atoms with Crippen molar-refractivity contribution >= 4 is 13.6 Å². The molecule has 1 aliphatic heterocycles. The number of esters is 1. The third kappa shape index (κ3) is 3.55. The molecule has 0 bridgehead atoms. The van der Waals surface area contributed by atoms with Gasteiger partial charge in [-0.15, -0.1) is 0 Å². The molecule has 1 atom stereocenters. The predicted molar refractivity (Wildman–Crippen MR) is 85.6 cm³/mol. The minimum Gasteiger partial charge on any atom is -0.464 e. The second kappa shape index (κ2) is 8.14. The summed E-state index contributed by atoms with van der Waals surface area (Å²) in [4.78, 5) is 14.2. The average Bonchev–Trinajstić information content (AvgIpc) is 3.21. The summed E-state index contributed by atoms with van der Waals surface area (Å²) in [5.74, 6) is -0.539. The first kappa shape index (κ1) is 19.2. The molecule has 22 heavy (non-hydrogen) atoms. The van der Waals surface area contributed by atoms with Gasteiger partial charge in [0.05, 0.1) is 26.4 Å². The normalized spacial score (nSPS) is 20.7. The lowest BCUT2D eigenvalue weighted by Gasteiger charge is -2.25. The minimum atomic E-state index is -3.62. The molecule has 1 rings (SSSR count). The number of ether oxygens (including phenoxy) is 1. The minimum absolute atomic E-state index is 0.213. The van der Waals surface area contributed by atoms with Crippen LogP contribution in [-0.2, 0) is 23.1 Å². The highest BCUT2D eigenvalue weighted by molar-refractivity contribution is 7.57. The van der Waals surface area contributed by atoms with Crippen molar-refractivity contribution in [2.45, 2.75) is 52.7 Å². The van der Waals surface area contributed by atoms with Gasteiger partial charge >= 0.3 is 13.6 Å². The fourth-order valence-electron chi connectivity index (χ4n) is 2.38. The van der Waals surface area contributed by atoms with Gasteiger partial charge in [0.25, 0.3) is 5.28 Å². The van der Waals surface area contributed by atoms with E-state index in [0.717, 1.165) is 12.8 Å². The first-order valence-electron chi connectivity index (χ1n) is 7.98. The predicted octanol–water partition coefficient (Wildman–Crippen LogP) is 3.53. The molecule has 1 unspecified atom stereocenters. The molecule has 0 radical (unpaired) electrons. The van der Waals surface area contributed by atoms with Crippen LogP contribution in [0.3, 0.4) is 0 Å². The maximum Gasteiger partial charge on any atom is 0.369 e. The maximum absolute atomic E-state index is 13.2. The quantitative estimate of drug-likeness (QED) is 0.346. The largest absolute Gasteiger partial charge is 0.464 e. The average molecular weight is 333 g/mol. The van der Waals surface area contributed by atoms with Crippen LogP contribution >= 0.6 is 7.60 Å². The topological polar surface area (TPSA) is 64.8 Å². The van der Waals surface area contributed by atoms with Crippen LogP contribution in [0.15, 0.2) is 11.8 Å². The Kier molecular flexibility index (Phi) is 7.10. The van der Waals surface area contributed by atoms with Crippen LogP contribution in [-0.4, -0.2) is 42.5 Å². The van der Waals surface area contributed by atoms with Crippen LogP contribution in [0.1, 0.15) is 47.5 Å². The molecule has 7 heteroatoms. The van der Waals surface area contributed by atoms with E-state index in [4.69, 9.17) is 13.8 Å². The Bertz CT molecular complexity index is 449. The van der Waals surface area contributed by atoms with Crippen LogP contribution in [0.5, 0.6) is 0 Å². The number of nitrogens with zero attached hydrogens (tertiary/aromatic N) is 1. The molecule has 0 saturated carbocycles. The van der Waals surface area contributed by atoms with E-state index in [1.807, 2.05) is 6.20 Å². The van der Waals surface area contributed by atoms with E-state index >= 15 is 0 Å². The molecule has 0 amide bonds. The van der Waals surface area contributed by atoms with E-state index in [0.29, 0.717) is 6.54 Å². The van der Waals surface area contributed by atoms with Gasteiger partial charge in [-0.25, -0.2) is 4.79 Å². The van der Waals surface area contributed by atoms with Crippen LogP contribution < -0.4 is 0 Å². The van der Waals surface area contributed by atoms with Gasteiger partial charge in [-0.05, 0) is 33.6 Å². The van der Waals surface area contributed by atoms with Crippen LogP contribution in [0.4, 0.5) is 0 Å². The first-order valence-corrected chi connectivity index (χ1v) is 9.52. The molecule has 0 aromatic carbocycles. The highest BCUT2D eigenvalue weighted by Gasteiger charge is 2.72. The van der Waals surface area contributed by atoms with E-state index in [9.17, 15) is 9.36 Å². The van der Waals surface area contributed by atoms with E-state index in [-0.39, 0.29) is 19.8 Å². The molecule has 6 nitrogen and oxygen atoms in total. The van der Waals surface area contributed by atoms with Gasteiger partial charge in [-0.1, -0.05) is 19.4 Å². The SMILES string of the molecule is CCOC(=O)C1(P(=O)(OCC)OCC)CN1C=C(CC)CC. The van der Waals surface area contributed by atoms with E-state index in [2.05, 4.69) is 13.8 Å². The van der Waals surface area contributed by atoms with Crippen LogP contribution in [0.25, 0.3) is 0 Å². The maximum atomic E-state index is 13.2. The summed E-state index contributed by atoms with van der Waals surface area (Å²) in [5.41, 5.74) is 1.17. The Labute approximate surface area is 133 Å². The number of allylic oxidation sites excluding steroid dienone is 1. The summed E-state index contributed by atoms with van der Waals surface area (Å²) in [6.07, 6.45) is 3.64. The first-order chi connectivity index (χ1) is 10.5. The summed E-state index contributed by atoms with van der Waals surface area (Å²) in [6, 6.07) is 0. The van der Waals surface area contributed by atoms with Gasteiger partial charge in [-0.3, -0.25) is 4.57 Å². The molecule has 1 fully saturated rings. The number of carbonyl (C=O) groups is 1. The lowest BCUT2D eigenvalue weighted by Crippen LogP contribution is -2.32. The monoisotopic (exact) mass is 333 g/mol. The molecule has 128 valence electrons. The Balaban J connectivity index is 3.18. The second-order valence-corrected chi connectivity index (χ2v) is 7.24. The molecule has 0 N–H and O–H groups in total. The summed E-state index contributed by atoms with van der Waals surface area (Å²) in [7, 11) is -3.62. The molecule has 0 aliphatic carbocycles. The zero-order valence-electron chi connectivity index (χ0n) is 14.3. The number of hydrogen-bond acceptors (Lipinski definition) is 6. The summed E-state index contributed by atoms with van der Waals surface area (Å²) < 4.78 is 29.1. The lowest BCUT2D eigenvalue weighted by molar-refractivity contribution is -0.145. The van der Waals surface area contributed by atoms with Gasteiger partial charge in [0, 0.05) is 6.20 Å². The lowest BCUT2D eigenvalue weighted by atomic mass is 10.2. The van der Waals surface area contributed by atoms with Crippen molar-refractivity contribution in [2.24, 2.45) is 0 Å². The molecular formula is C15H28NO5P. The van der Waals surface area contributed by atoms with Crippen molar-refractivity contribution in [1.82, 2.24) is 4.90 Å². The molecule has 0 aromatic rings. The standard InChI is InChI=1S/C15H28NO5P/c1-6-13(7-2)11-16-12-15(16,14(17)19-8-3)22(18,20-9-4)21-10-5/h11H,6-10,12H2,1-5H3. The fraction of sp³-hybridized carbons (Fsp3) is 0.800. The third-order valence-electron chi connectivity index (χ3n) is 3.66. The zero-order chi connectivity index (χ0) is 16.8. The Morgan fingerprint density at radius 1 is 1.09 bits per heavy atom. The highest BCUT2D eigenvalue weighted by atomic mass is 31.2. The Morgan fingerprint density at radius 2 is 1.64 bits per heavy atom. The van der Waals surface area contributed by atoms with Crippen molar-refractivity contribution in [3.05, 3.63) is 11.8 Å². The van der Waals surface area contributed by atoms with Crippen molar-refractivity contribution in [3.63, 3.8) is 0 Å². The van der Waals surface area contributed by atoms with Gasteiger partial charge in [0.15, 0.2) is 0 Å². The van der Waals surface area contributed by atoms with Crippen molar-refractivity contribution in [2.75, 3.05) is 26.4 Å². The Morgan fingerprint density at radius 3 is 2.05 bits per heavy atom. The van der Waals surface area contributed by atoms with Gasteiger partial charge < -0.3 is 18.7 Å². The third-order valence-corrected chi connectivity index (χ3v) is 6.35. The highest BCUT2D eigenvalue weighted by Crippen LogP contribution is 2.68. The van der Waals surface area contributed by atoms with E-state index in [1.54, 1.807) is 25.7 Å². The molecule has 0 spiro atoms. The van der Waals surface area contributed by atoms with E-state index < -0.39 is 18.8 Å². The summed E-state index contributed by atoms with van der Waals surface area (Å²) in [5, 5.41) is -1.33. The van der Waals surface area contributed by atoms with Crippen LogP contribution in [0, 0.1) is 0 Å². The number of hydrogen-bond donors (Lipinski definition) is 0. The van der Waals surface area contributed by atoms with Gasteiger partial charge in [0.2, 0.25) is 0 Å². The van der Waals surface area contributed by atoms with Gasteiger partial charge in [0.1, 0.15) is 0 Å². The molecule has 0 aromatic heterocycles. The number of rotatable bonds is 10. The number of carbonyl (C=O) groups excluding carboxylic acids is 1. The summed E-state index contributed by atoms with van der Waals surface area (Å²) in [6.45, 7) is 10.2. The second-order valence-electron chi connectivity index (χ2n) is 4.99. The van der Waals surface area contributed by atoms with Crippen molar-refractivity contribution < 1.29 is 23.1 Å². The van der Waals surface area contributed by atoms with Crippen molar-refractivity contribution in [1.29, 1.82) is 0 Å². The molecule has 1 aliphatic rings. The Hall–Kier alpha value is -0.840. The molecule has 1 saturated heterocycles. The zero-order valence-corrected chi connectivity index (χ0v) is 15.2. The molecule has 1 heterocycles. The smallest absolute Gasteiger partial charge is 0.369 e.